The molecule has 1 heterocycles. The molecule has 16 heavy (non-hydrogen) atoms. The van der Waals surface area contributed by atoms with Gasteiger partial charge in [0.2, 0.25) is 0 Å². The van der Waals surface area contributed by atoms with Gasteiger partial charge in [-0.05, 0) is 12.1 Å². The van der Waals surface area contributed by atoms with Crippen molar-refractivity contribution in [3.8, 4) is 17.0 Å². The van der Waals surface area contributed by atoms with Gasteiger partial charge < -0.3 is 9.72 Å². The fourth-order valence-corrected chi connectivity index (χ4v) is 1.29. The second-order valence-electron chi connectivity index (χ2n) is 2.99. The van der Waals surface area contributed by atoms with E-state index in [0.29, 0.717) is 5.69 Å². The van der Waals surface area contributed by atoms with Crippen LogP contribution in [0.15, 0.2) is 30.7 Å². The first-order valence-electron chi connectivity index (χ1n) is 4.40. The van der Waals surface area contributed by atoms with E-state index in [2.05, 4.69) is 14.7 Å². The molecule has 1 N–H and O–H groups in total. The Labute approximate surface area is 88.9 Å². The third-order valence-electron chi connectivity index (χ3n) is 1.95. The van der Waals surface area contributed by atoms with Gasteiger partial charge in [-0.2, -0.15) is 8.78 Å². The van der Waals surface area contributed by atoms with Crippen LogP contribution in [0.1, 0.15) is 0 Å². The van der Waals surface area contributed by atoms with E-state index in [1.807, 2.05) is 0 Å². The van der Waals surface area contributed by atoms with Gasteiger partial charge >= 0.3 is 6.61 Å². The van der Waals surface area contributed by atoms with E-state index in [-0.39, 0.29) is 11.3 Å². The average Bonchev–Trinajstić information content (AvgIpc) is 2.69. The van der Waals surface area contributed by atoms with Crippen LogP contribution >= 0.6 is 0 Å². The summed E-state index contributed by atoms with van der Waals surface area (Å²) in [6, 6.07) is 3.52. The lowest BCUT2D eigenvalue weighted by Gasteiger charge is -2.06. The number of aromatic amines is 1. The highest BCUT2D eigenvalue weighted by Crippen LogP contribution is 2.25. The Balaban J connectivity index is 2.30. The third-order valence-corrected chi connectivity index (χ3v) is 1.95. The molecule has 2 rings (SSSR count). The van der Waals surface area contributed by atoms with E-state index in [4.69, 9.17) is 0 Å². The summed E-state index contributed by atoms with van der Waals surface area (Å²) in [6.45, 7) is -2.96. The molecule has 0 saturated carbocycles. The maximum atomic E-state index is 13.5. The van der Waals surface area contributed by atoms with Crippen LogP contribution in [-0.2, 0) is 0 Å². The molecule has 0 aliphatic carbocycles. The molecule has 0 spiro atoms. The largest absolute Gasteiger partial charge is 0.435 e. The van der Waals surface area contributed by atoms with Crippen molar-refractivity contribution in [1.29, 1.82) is 0 Å². The summed E-state index contributed by atoms with van der Waals surface area (Å²) in [4.78, 5) is 6.45. The predicted molar refractivity (Wildman–Crippen MR) is 50.6 cm³/mol. The SMILES string of the molecule is Fc1cc(OC(F)F)ccc1-c1cnc[nH]1. The number of nitrogens with one attached hydrogen (secondary N) is 1. The number of alkyl halides is 2. The molecule has 0 fully saturated rings. The molecule has 3 nitrogen and oxygen atoms in total. The van der Waals surface area contributed by atoms with E-state index >= 15 is 0 Å². The summed E-state index contributed by atoms with van der Waals surface area (Å²) in [5.74, 6) is -0.863. The molecule has 0 radical (unpaired) electrons. The molecule has 1 aromatic heterocycles. The molecule has 0 aliphatic heterocycles. The highest BCUT2D eigenvalue weighted by atomic mass is 19.3. The van der Waals surface area contributed by atoms with Crippen LogP contribution in [0.3, 0.4) is 0 Å². The quantitative estimate of drug-likeness (QED) is 0.877. The Morgan fingerprint density at radius 1 is 1.31 bits per heavy atom. The second-order valence-corrected chi connectivity index (χ2v) is 2.99. The van der Waals surface area contributed by atoms with Gasteiger partial charge in [0.05, 0.1) is 18.2 Å². The zero-order valence-electron chi connectivity index (χ0n) is 7.95. The number of benzene rings is 1. The van der Waals surface area contributed by atoms with Crippen molar-refractivity contribution in [1.82, 2.24) is 9.97 Å². The smallest absolute Gasteiger partial charge is 0.387 e. The molecule has 0 unspecified atom stereocenters. The summed E-state index contributed by atoms with van der Waals surface area (Å²) in [7, 11) is 0. The standard InChI is InChI=1S/C10H7F3N2O/c11-8-3-6(16-10(12)13)1-2-7(8)9-4-14-5-15-9/h1-5,10H,(H,14,15). The monoisotopic (exact) mass is 228 g/mol. The minimum Gasteiger partial charge on any atom is -0.435 e. The van der Waals surface area contributed by atoms with Crippen molar-refractivity contribution in [2.24, 2.45) is 0 Å². The first-order chi connectivity index (χ1) is 7.66. The number of ether oxygens (including phenoxy) is 1. The molecule has 1 aromatic carbocycles. The average molecular weight is 228 g/mol. The number of rotatable bonds is 3. The van der Waals surface area contributed by atoms with Crippen LogP contribution in [-0.4, -0.2) is 16.6 Å². The van der Waals surface area contributed by atoms with Gasteiger partial charge in [-0.1, -0.05) is 0 Å². The Kier molecular flexibility index (Phi) is 2.80. The van der Waals surface area contributed by atoms with Gasteiger partial charge in [-0.3, -0.25) is 0 Å². The topological polar surface area (TPSA) is 37.9 Å². The van der Waals surface area contributed by atoms with Crippen LogP contribution in [0.4, 0.5) is 13.2 Å². The van der Waals surface area contributed by atoms with Gasteiger partial charge in [-0.25, -0.2) is 9.37 Å². The Morgan fingerprint density at radius 3 is 2.69 bits per heavy atom. The summed E-state index contributed by atoms with van der Waals surface area (Å²) < 4.78 is 41.3. The maximum Gasteiger partial charge on any atom is 0.387 e. The molecule has 0 bridgehead atoms. The van der Waals surface area contributed by atoms with Gasteiger partial charge in [0, 0.05) is 11.6 Å². The lowest BCUT2D eigenvalue weighted by Crippen LogP contribution is -2.02. The Bertz CT molecular complexity index is 471. The summed E-state index contributed by atoms with van der Waals surface area (Å²) in [6.07, 6.45) is 2.84. The number of aromatic nitrogens is 2. The van der Waals surface area contributed by atoms with Crippen molar-refractivity contribution in [2.45, 2.75) is 6.61 Å². The predicted octanol–water partition coefficient (Wildman–Crippen LogP) is 2.82. The van der Waals surface area contributed by atoms with Gasteiger partial charge in [0.15, 0.2) is 0 Å². The molecular formula is C10H7F3N2O. The van der Waals surface area contributed by atoms with Crippen molar-refractivity contribution in [3.05, 3.63) is 36.5 Å². The van der Waals surface area contributed by atoms with E-state index in [0.717, 1.165) is 6.07 Å². The van der Waals surface area contributed by atoms with Crippen molar-refractivity contribution in [2.75, 3.05) is 0 Å². The molecular weight excluding hydrogens is 221 g/mol. The molecule has 0 atom stereocenters. The zero-order valence-corrected chi connectivity index (χ0v) is 7.95. The normalized spacial score (nSPS) is 10.8. The third kappa shape index (κ3) is 2.16. The van der Waals surface area contributed by atoms with Crippen LogP contribution in [0.25, 0.3) is 11.3 Å². The molecule has 2 aromatic rings. The minimum atomic E-state index is -2.96. The number of H-pyrrole nitrogens is 1. The van der Waals surface area contributed by atoms with E-state index in [1.165, 1.54) is 24.7 Å². The van der Waals surface area contributed by atoms with Crippen molar-refractivity contribution >= 4 is 0 Å². The first kappa shape index (κ1) is 10.5. The summed E-state index contributed by atoms with van der Waals surface area (Å²) in [5.41, 5.74) is 0.722. The van der Waals surface area contributed by atoms with Crippen molar-refractivity contribution in [3.63, 3.8) is 0 Å². The maximum absolute atomic E-state index is 13.5. The van der Waals surface area contributed by atoms with E-state index in [1.54, 1.807) is 0 Å². The van der Waals surface area contributed by atoms with E-state index in [9.17, 15) is 13.2 Å². The number of halogens is 3. The molecule has 0 aliphatic rings. The van der Waals surface area contributed by atoms with Gasteiger partial charge in [0.1, 0.15) is 11.6 Å². The van der Waals surface area contributed by atoms with E-state index < -0.39 is 12.4 Å². The Hall–Kier alpha value is -1.98. The van der Waals surface area contributed by atoms with Gasteiger partial charge in [-0.15, -0.1) is 0 Å². The highest BCUT2D eigenvalue weighted by Gasteiger charge is 2.10. The molecule has 0 saturated heterocycles. The van der Waals surface area contributed by atoms with Crippen molar-refractivity contribution < 1.29 is 17.9 Å². The Morgan fingerprint density at radius 2 is 2.12 bits per heavy atom. The lowest BCUT2D eigenvalue weighted by atomic mass is 10.1. The summed E-state index contributed by atoms with van der Waals surface area (Å²) in [5, 5.41) is 0. The first-order valence-corrected chi connectivity index (χ1v) is 4.40. The number of imidazole rings is 1. The fraction of sp³-hybridized carbons (Fsp3) is 0.100. The highest BCUT2D eigenvalue weighted by molar-refractivity contribution is 5.60. The zero-order chi connectivity index (χ0) is 11.5. The van der Waals surface area contributed by atoms with Crippen LogP contribution in [0, 0.1) is 5.82 Å². The van der Waals surface area contributed by atoms with Crippen LogP contribution in [0.5, 0.6) is 5.75 Å². The lowest BCUT2D eigenvalue weighted by molar-refractivity contribution is -0.0499. The molecule has 0 amide bonds. The van der Waals surface area contributed by atoms with Crippen LogP contribution in [0.2, 0.25) is 0 Å². The van der Waals surface area contributed by atoms with Crippen LogP contribution < -0.4 is 4.74 Å². The fourth-order valence-electron chi connectivity index (χ4n) is 1.29. The second kappa shape index (κ2) is 4.26. The molecule has 84 valence electrons. The number of hydrogen-bond donors (Lipinski definition) is 1. The summed E-state index contributed by atoms with van der Waals surface area (Å²) >= 11 is 0. The molecule has 6 heteroatoms. The minimum absolute atomic E-state index is 0.212. The van der Waals surface area contributed by atoms with Gasteiger partial charge in [0.25, 0.3) is 0 Å². The number of hydrogen-bond acceptors (Lipinski definition) is 2. The number of nitrogens with zero attached hydrogens (tertiary/aromatic N) is 1.